The van der Waals surface area contributed by atoms with Crippen molar-refractivity contribution < 1.29 is 14.7 Å². The maximum absolute atomic E-state index is 12.0. The number of anilines is 1. The van der Waals surface area contributed by atoms with Gasteiger partial charge in [0.15, 0.2) is 0 Å². The Morgan fingerprint density at radius 1 is 1.20 bits per heavy atom. The van der Waals surface area contributed by atoms with Crippen molar-refractivity contribution in [3.63, 3.8) is 0 Å². The van der Waals surface area contributed by atoms with Gasteiger partial charge in [-0.2, -0.15) is 0 Å². The summed E-state index contributed by atoms with van der Waals surface area (Å²) in [4.78, 5) is 24.5. The molecule has 0 aliphatic heterocycles. The lowest BCUT2D eigenvalue weighted by Crippen LogP contribution is -2.48. The van der Waals surface area contributed by atoms with Crippen molar-refractivity contribution >= 4 is 17.6 Å². The largest absolute Gasteiger partial charge is 0.480 e. The normalized spacial score (nSPS) is 10.9. The van der Waals surface area contributed by atoms with Gasteiger partial charge in [0, 0.05) is 11.2 Å². The maximum atomic E-state index is 12.0. The van der Waals surface area contributed by atoms with Crippen molar-refractivity contribution in [2.45, 2.75) is 32.7 Å². The molecule has 0 aliphatic carbocycles. The highest BCUT2D eigenvalue weighted by atomic mass is 16.4. The molecule has 0 saturated carbocycles. The molecule has 2 N–H and O–H groups in total. The van der Waals surface area contributed by atoms with E-state index in [1.165, 1.54) is 0 Å². The minimum Gasteiger partial charge on any atom is -0.480 e. The van der Waals surface area contributed by atoms with E-state index in [0.717, 1.165) is 12.1 Å². The first kappa shape index (κ1) is 16.0. The molecular weight excluding hydrogens is 256 g/mol. The Morgan fingerprint density at radius 2 is 1.80 bits per heavy atom. The first-order chi connectivity index (χ1) is 9.34. The van der Waals surface area contributed by atoms with Crippen molar-refractivity contribution in [3.8, 4) is 0 Å². The van der Waals surface area contributed by atoms with Gasteiger partial charge in [-0.1, -0.05) is 25.1 Å². The molecule has 0 spiro atoms. The van der Waals surface area contributed by atoms with Crippen LogP contribution in [0.5, 0.6) is 0 Å². The first-order valence-corrected chi connectivity index (χ1v) is 6.67. The SMILES string of the molecule is CCC(C)(C)NC(=O)CN(CC(=O)O)c1ccccc1. The third-order valence-electron chi connectivity index (χ3n) is 3.14. The van der Waals surface area contributed by atoms with Crippen molar-refractivity contribution in [1.82, 2.24) is 5.32 Å². The average Bonchev–Trinajstić information content (AvgIpc) is 2.38. The summed E-state index contributed by atoms with van der Waals surface area (Å²) < 4.78 is 0. The van der Waals surface area contributed by atoms with Crippen LogP contribution in [0.3, 0.4) is 0 Å². The summed E-state index contributed by atoms with van der Waals surface area (Å²) in [7, 11) is 0. The lowest BCUT2D eigenvalue weighted by Gasteiger charge is -2.28. The predicted molar refractivity (Wildman–Crippen MR) is 78.8 cm³/mol. The van der Waals surface area contributed by atoms with E-state index in [1.807, 2.05) is 39.0 Å². The van der Waals surface area contributed by atoms with Gasteiger partial charge in [0.25, 0.3) is 0 Å². The van der Waals surface area contributed by atoms with E-state index in [-0.39, 0.29) is 24.5 Å². The third kappa shape index (κ3) is 5.30. The number of rotatable bonds is 7. The lowest BCUT2D eigenvalue weighted by atomic mass is 10.0. The molecule has 0 heterocycles. The van der Waals surface area contributed by atoms with E-state index in [0.29, 0.717) is 0 Å². The summed E-state index contributed by atoms with van der Waals surface area (Å²) in [5.41, 5.74) is 0.433. The van der Waals surface area contributed by atoms with Crippen LogP contribution in [0.1, 0.15) is 27.2 Å². The molecule has 0 fully saturated rings. The van der Waals surface area contributed by atoms with Crippen LogP contribution in [-0.4, -0.2) is 35.6 Å². The van der Waals surface area contributed by atoms with Gasteiger partial charge < -0.3 is 15.3 Å². The molecule has 0 aliphatic rings. The molecule has 5 nitrogen and oxygen atoms in total. The summed E-state index contributed by atoms with van der Waals surface area (Å²) >= 11 is 0. The fraction of sp³-hybridized carbons (Fsp3) is 0.467. The van der Waals surface area contributed by atoms with Gasteiger partial charge in [-0.3, -0.25) is 9.59 Å². The Labute approximate surface area is 119 Å². The number of carbonyl (C=O) groups is 2. The van der Waals surface area contributed by atoms with E-state index in [2.05, 4.69) is 5.32 Å². The Hall–Kier alpha value is -2.04. The average molecular weight is 278 g/mol. The van der Waals surface area contributed by atoms with Crippen LogP contribution in [0, 0.1) is 0 Å². The molecule has 0 aromatic heterocycles. The number of nitrogens with zero attached hydrogens (tertiary/aromatic N) is 1. The zero-order chi connectivity index (χ0) is 15.2. The third-order valence-corrected chi connectivity index (χ3v) is 3.14. The maximum Gasteiger partial charge on any atom is 0.323 e. The second-order valence-corrected chi connectivity index (χ2v) is 5.37. The number of amides is 1. The molecule has 20 heavy (non-hydrogen) atoms. The molecule has 0 saturated heterocycles. The van der Waals surface area contributed by atoms with Crippen LogP contribution in [-0.2, 0) is 9.59 Å². The van der Waals surface area contributed by atoms with Gasteiger partial charge >= 0.3 is 5.97 Å². The topological polar surface area (TPSA) is 69.6 Å². The zero-order valence-electron chi connectivity index (χ0n) is 12.2. The Balaban J connectivity index is 2.76. The Bertz CT molecular complexity index is 457. The number of aliphatic carboxylic acids is 1. The fourth-order valence-corrected chi connectivity index (χ4v) is 1.72. The van der Waals surface area contributed by atoms with Crippen molar-refractivity contribution in [1.29, 1.82) is 0 Å². The van der Waals surface area contributed by atoms with Crippen LogP contribution >= 0.6 is 0 Å². The molecule has 0 bridgehead atoms. The van der Waals surface area contributed by atoms with E-state index in [9.17, 15) is 9.59 Å². The molecule has 1 amide bonds. The van der Waals surface area contributed by atoms with E-state index in [1.54, 1.807) is 17.0 Å². The minimum absolute atomic E-state index is 0.0275. The number of para-hydroxylation sites is 1. The summed E-state index contributed by atoms with van der Waals surface area (Å²) in [5, 5.41) is 11.9. The highest BCUT2D eigenvalue weighted by Gasteiger charge is 2.20. The van der Waals surface area contributed by atoms with Crippen LogP contribution in [0.2, 0.25) is 0 Å². The van der Waals surface area contributed by atoms with Crippen molar-refractivity contribution in [3.05, 3.63) is 30.3 Å². The monoisotopic (exact) mass is 278 g/mol. The molecule has 0 atom stereocenters. The van der Waals surface area contributed by atoms with Crippen LogP contribution < -0.4 is 10.2 Å². The van der Waals surface area contributed by atoms with Crippen molar-refractivity contribution in [2.75, 3.05) is 18.0 Å². The van der Waals surface area contributed by atoms with Gasteiger partial charge in [-0.05, 0) is 32.4 Å². The summed E-state index contributed by atoms with van der Waals surface area (Å²) in [6, 6.07) is 9.07. The van der Waals surface area contributed by atoms with Crippen LogP contribution in [0.25, 0.3) is 0 Å². The highest BCUT2D eigenvalue weighted by Crippen LogP contribution is 2.13. The van der Waals surface area contributed by atoms with Gasteiger partial charge in [0.1, 0.15) is 6.54 Å². The molecule has 1 aromatic carbocycles. The second-order valence-electron chi connectivity index (χ2n) is 5.37. The number of benzene rings is 1. The number of hydrogen-bond acceptors (Lipinski definition) is 3. The lowest BCUT2D eigenvalue weighted by molar-refractivity contribution is -0.135. The van der Waals surface area contributed by atoms with Gasteiger partial charge in [-0.15, -0.1) is 0 Å². The van der Waals surface area contributed by atoms with Crippen molar-refractivity contribution in [2.24, 2.45) is 0 Å². The summed E-state index contributed by atoms with van der Waals surface area (Å²) in [6.45, 7) is 5.69. The summed E-state index contributed by atoms with van der Waals surface area (Å²) in [6.07, 6.45) is 0.809. The van der Waals surface area contributed by atoms with E-state index < -0.39 is 5.97 Å². The Morgan fingerprint density at radius 3 is 2.30 bits per heavy atom. The number of carboxylic acids is 1. The van der Waals surface area contributed by atoms with Crippen LogP contribution in [0.4, 0.5) is 5.69 Å². The van der Waals surface area contributed by atoms with Crippen LogP contribution in [0.15, 0.2) is 30.3 Å². The molecule has 1 rings (SSSR count). The second kappa shape index (κ2) is 6.93. The van der Waals surface area contributed by atoms with E-state index in [4.69, 9.17) is 5.11 Å². The predicted octanol–water partition coefficient (Wildman–Crippen LogP) is 1.88. The molecule has 110 valence electrons. The zero-order valence-corrected chi connectivity index (χ0v) is 12.2. The summed E-state index contributed by atoms with van der Waals surface area (Å²) in [5.74, 6) is -1.14. The van der Waals surface area contributed by atoms with E-state index >= 15 is 0 Å². The smallest absolute Gasteiger partial charge is 0.323 e. The molecule has 1 aromatic rings. The number of carboxylic acid groups (broad SMARTS) is 1. The first-order valence-electron chi connectivity index (χ1n) is 6.67. The minimum atomic E-state index is -0.962. The molecular formula is C15H22N2O3. The Kier molecular flexibility index (Phi) is 5.55. The fourth-order valence-electron chi connectivity index (χ4n) is 1.72. The quantitative estimate of drug-likeness (QED) is 0.799. The number of hydrogen-bond donors (Lipinski definition) is 2. The van der Waals surface area contributed by atoms with Gasteiger partial charge in [-0.25, -0.2) is 0 Å². The number of carbonyl (C=O) groups excluding carboxylic acids is 1. The highest BCUT2D eigenvalue weighted by molar-refractivity contribution is 5.84. The molecule has 0 unspecified atom stereocenters. The molecule has 5 heteroatoms. The van der Waals surface area contributed by atoms with Gasteiger partial charge in [0.2, 0.25) is 5.91 Å². The van der Waals surface area contributed by atoms with Gasteiger partial charge in [0.05, 0.1) is 6.54 Å². The number of nitrogens with one attached hydrogen (secondary N) is 1. The standard InChI is InChI=1S/C15H22N2O3/c1-4-15(2,3)16-13(18)10-17(11-14(19)20)12-8-6-5-7-9-12/h5-9H,4,10-11H2,1-3H3,(H,16,18)(H,19,20). The molecule has 0 radical (unpaired) electrons.